The van der Waals surface area contributed by atoms with Gasteiger partial charge in [-0.15, -0.1) is 0 Å². The first kappa shape index (κ1) is 26.7. The minimum absolute atomic E-state index is 0.0977. The molecule has 1 saturated carbocycles. The highest BCUT2D eigenvalue weighted by atomic mass is 35.5. The van der Waals surface area contributed by atoms with Crippen LogP contribution in [-0.4, -0.2) is 35.9 Å². The van der Waals surface area contributed by atoms with E-state index in [2.05, 4.69) is 5.32 Å². The van der Waals surface area contributed by atoms with Crippen LogP contribution in [0.15, 0.2) is 72.8 Å². The molecule has 3 aromatic rings. The Bertz CT molecular complexity index is 1190. The fourth-order valence-electron chi connectivity index (χ4n) is 4.84. The second kappa shape index (κ2) is 12.7. The largest absolute Gasteiger partial charge is 0.497 e. The normalized spacial score (nSPS) is 14.2. The molecule has 0 spiro atoms. The van der Waals surface area contributed by atoms with Gasteiger partial charge in [0.25, 0.3) is 0 Å². The number of rotatable bonds is 10. The number of benzene rings is 3. The van der Waals surface area contributed by atoms with Crippen LogP contribution in [0.3, 0.4) is 0 Å². The lowest BCUT2D eigenvalue weighted by atomic mass is 10.0. The molecular formula is C30H32ClFN2O3. The molecule has 5 nitrogen and oxygen atoms in total. The van der Waals surface area contributed by atoms with Gasteiger partial charge < -0.3 is 15.0 Å². The van der Waals surface area contributed by atoms with Crippen LogP contribution in [-0.2, 0) is 29.0 Å². The van der Waals surface area contributed by atoms with Crippen LogP contribution in [0.4, 0.5) is 4.39 Å². The van der Waals surface area contributed by atoms with E-state index in [0.29, 0.717) is 12.2 Å². The standard InChI is InChI=1S/C30H32ClFN2O3/c1-37-24-14-7-11-22(17-24)20-34(29(35)19-25-26(31)15-8-16-27(25)32)28(18-21-9-3-2-4-10-21)30(36)33-23-12-5-6-13-23/h2-4,7-11,14-17,23,28H,5-6,12-13,18-20H2,1H3,(H,33,36). The Kier molecular flexibility index (Phi) is 9.18. The summed E-state index contributed by atoms with van der Waals surface area (Å²) in [7, 11) is 1.58. The Labute approximate surface area is 222 Å². The average Bonchev–Trinajstić information content (AvgIpc) is 3.42. The quantitative estimate of drug-likeness (QED) is 0.370. The molecule has 194 valence electrons. The predicted octanol–water partition coefficient (Wildman–Crippen LogP) is 5.73. The number of hydrogen-bond donors (Lipinski definition) is 1. The third-order valence-corrected chi connectivity index (χ3v) is 7.20. The molecule has 1 fully saturated rings. The van der Waals surface area contributed by atoms with Gasteiger partial charge in [-0.25, -0.2) is 4.39 Å². The zero-order chi connectivity index (χ0) is 26.2. The van der Waals surface area contributed by atoms with Crippen molar-refractivity contribution in [1.29, 1.82) is 0 Å². The number of carbonyl (C=O) groups is 2. The van der Waals surface area contributed by atoms with E-state index in [9.17, 15) is 14.0 Å². The number of hydrogen-bond acceptors (Lipinski definition) is 3. The number of nitrogens with one attached hydrogen (secondary N) is 1. The molecule has 3 aromatic carbocycles. The maximum absolute atomic E-state index is 14.6. The minimum Gasteiger partial charge on any atom is -0.497 e. The predicted molar refractivity (Wildman–Crippen MR) is 143 cm³/mol. The first-order valence-electron chi connectivity index (χ1n) is 12.6. The van der Waals surface area contributed by atoms with Crippen molar-refractivity contribution in [3.8, 4) is 5.75 Å². The molecule has 1 N–H and O–H groups in total. The maximum Gasteiger partial charge on any atom is 0.243 e. The number of ether oxygens (including phenoxy) is 1. The van der Waals surface area contributed by atoms with Gasteiger partial charge in [-0.3, -0.25) is 9.59 Å². The zero-order valence-electron chi connectivity index (χ0n) is 21.0. The first-order valence-corrected chi connectivity index (χ1v) is 13.0. The summed E-state index contributed by atoms with van der Waals surface area (Å²) in [6, 6.07) is 20.7. The van der Waals surface area contributed by atoms with Crippen molar-refractivity contribution in [3.63, 3.8) is 0 Å². The molecule has 0 heterocycles. The van der Waals surface area contributed by atoms with Crippen LogP contribution in [0.2, 0.25) is 5.02 Å². The van der Waals surface area contributed by atoms with Gasteiger partial charge >= 0.3 is 0 Å². The van der Waals surface area contributed by atoms with Crippen LogP contribution < -0.4 is 10.1 Å². The van der Waals surface area contributed by atoms with E-state index in [0.717, 1.165) is 36.8 Å². The summed E-state index contributed by atoms with van der Waals surface area (Å²) in [5.74, 6) is -0.474. The van der Waals surface area contributed by atoms with Crippen molar-refractivity contribution in [2.75, 3.05) is 7.11 Å². The summed E-state index contributed by atoms with van der Waals surface area (Å²) in [5.41, 5.74) is 1.86. The monoisotopic (exact) mass is 522 g/mol. The molecule has 1 aliphatic carbocycles. The van der Waals surface area contributed by atoms with Crippen molar-refractivity contribution >= 4 is 23.4 Å². The molecule has 0 saturated heterocycles. The molecule has 37 heavy (non-hydrogen) atoms. The molecule has 0 bridgehead atoms. The van der Waals surface area contributed by atoms with E-state index >= 15 is 0 Å². The summed E-state index contributed by atoms with van der Waals surface area (Å²) in [6.07, 6.45) is 4.09. The topological polar surface area (TPSA) is 58.6 Å². The minimum atomic E-state index is -0.785. The third-order valence-electron chi connectivity index (χ3n) is 6.85. The van der Waals surface area contributed by atoms with Gasteiger partial charge in [-0.05, 0) is 48.2 Å². The van der Waals surface area contributed by atoms with Gasteiger partial charge in [0.15, 0.2) is 0 Å². The van der Waals surface area contributed by atoms with Gasteiger partial charge in [-0.1, -0.05) is 73.0 Å². The summed E-state index contributed by atoms with van der Waals surface area (Å²) in [4.78, 5) is 29.1. The molecular weight excluding hydrogens is 491 g/mol. The highest BCUT2D eigenvalue weighted by molar-refractivity contribution is 6.31. The first-order chi connectivity index (χ1) is 17.9. The van der Waals surface area contributed by atoms with E-state index < -0.39 is 11.9 Å². The second-order valence-electron chi connectivity index (χ2n) is 9.45. The molecule has 0 radical (unpaired) electrons. The number of carbonyl (C=O) groups excluding carboxylic acids is 2. The summed E-state index contributed by atoms with van der Waals surface area (Å²) in [6.45, 7) is 0.164. The Morgan fingerprint density at radius 1 is 1.03 bits per heavy atom. The molecule has 1 atom stereocenters. The van der Waals surface area contributed by atoms with Crippen molar-refractivity contribution in [3.05, 3.63) is 100 Å². The Morgan fingerprint density at radius 2 is 1.73 bits per heavy atom. The van der Waals surface area contributed by atoms with E-state index in [1.165, 1.54) is 12.1 Å². The molecule has 1 aliphatic rings. The fraction of sp³-hybridized carbons (Fsp3) is 0.333. The SMILES string of the molecule is COc1cccc(CN(C(=O)Cc2c(F)cccc2Cl)C(Cc2ccccc2)C(=O)NC2CCCC2)c1. The highest BCUT2D eigenvalue weighted by Crippen LogP contribution is 2.24. The Hall–Kier alpha value is -3.38. The average molecular weight is 523 g/mol. The number of amides is 2. The second-order valence-corrected chi connectivity index (χ2v) is 9.85. The van der Waals surface area contributed by atoms with Crippen LogP contribution in [0.1, 0.15) is 42.4 Å². The lowest BCUT2D eigenvalue weighted by molar-refractivity contribution is -0.141. The van der Waals surface area contributed by atoms with E-state index in [-0.39, 0.29) is 41.4 Å². The lowest BCUT2D eigenvalue weighted by Crippen LogP contribution is -2.52. The molecule has 4 rings (SSSR count). The number of methoxy groups -OCH3 is 1. The van der Waals surface area contributed by atoms with Gasteiger partial charge in [0, 0.05) is 29.6 Å². The van der Waals surface area contributed by atoms with Crippen LogP contribution >= 0.6 is 11.6 Å². The summed E-state index contributed by atoms with van der Waals surface area (Å²) in [5, 5.41) is 3.36. The Morgan fingerprint density at radius 3 is 2.43 bits per heavy atom. The van der Waals surface area contributed by atoms with E-state index in [1.807, 2.05) is 54.6 Å². The molecule has 0 aliphatic heterocycles. The highest BCUT2D eigenvalue weighted by Gasteiger charge is 2.32. The smallest absolute Gasteiger partial charge is 0.243 e. The lowest BCUT2D eigenvalue weighted by Gasteiger charge is -2.32. The Balaban J connectivity index is 1.70. The summed E-state index contributed by atoms with van der Waals surface area (Å²) >= 11 is 6.26. The van der Waals surface area contributed by atoms with Gasteiger partial charge in [0.1, 0.15) is 17.6 Å². The van der Waals surface area contributed by atoms with Crippen molar-refractivity contribution in [1.82, 2.24) is 10.2 Å². The van der Waals surface area contributed by atoms with Crippen molar-refractivity contribution in [2.45, 2.75) is 57.2 Å². The van der Waals surface area contributed by atoms with Crippen molar-refractivity contribution < 1.29 is 18.7 Å². The van der Waals surface area contributed by atoms with Gasteiger partial charge in [0.2, 0.25) is 11.8 Å². The molecule has 0 aromatic heterocycles. The third kappa shape index (κ3) is 7.10. The van der Waals surface area contributed by atoms with Crippen LogP contribution in [0, 0.1) is 5.82 Å². The molecule has 7 heteroatoms. The van der Waals surface area contributed by atoms with Crippen LogP contribution in [0.5, 0.6) is 5.75 Å². The van der Waals surface area contributed by atoms with Gasteiger partial charge in [0.05, 0.1) is 13.5 Å². The maximum atomic E-state index is 14.6. The van der Waals surface area contributed by atoms with E-state index in [4.69, 9.17) is 16.3 Å². The van der Waals surface area contributed by atoms with Gasteiger partial charge in [-0.2, -0.15) is 0 Å². The number of halogens is 2. The summed E-state index contributed by atoms with van der Waals surface area (Å²) < 4.78 is 20.0. The zero-order valence-corrected chi connectivity index (χ0v) is 21.7. The fourth-order valence-corrected chi connectivity index (χ4v) is 5.07. The van der Waals surface area contributed by atoms with E-state index in [1.54, 1.807) is 18.1 Å². The molecule has 2 amide bonds. The van der Waals surface area contributed by atoms with Crippen LogP contribution in [0.25, 0.3) is 0 Å². The number of nitrogens with zero attached hydrogens (tertiary/aromatic N) is 1. The molecule has 1 unspecified atom stereocenters. The van der Waals surface area contributed by atoms with Crippen molar-refractivity contribution in [2.24, 2.45) is 0 Å².